The molecule has 1 aromatic carbocycles. The summed E-state index contributed by atoms with van der Waals surface area (Å²) < 4.78 is 32.3. The van der Waals surface area contributed by atoms with Crippen molar-refractivity contribution in [2.45, 2.75) is 25.8 Å². The molecule has 1 unspecified atom stereocenters. The van der Waals surface area contributed by atoms with Crippen LogP contribution in [0.25, 0.3) is 0 Å². The summed E-state index contributed by atoms with van der Waals surface area (Å²) in [5, 5.41) is 2.49. The van der Waals surface area contributed by atoms with Crippen molar-refractivity contribution in [1.29, 1.82) is 0 Å². The Balaban J connectivity index is 2.10. The lowest BCUT2D eigenvalue weighted by Crippen LogP contribution is -2.44. The van der Waals surface area contributed by atoms with E-state index in [4.69, 9.17) is 4.74 Å². The number of benzene rings is 1. The van der Waals surface area contributed by atoms with Gasteiger partial charge in [-0.2, -0.15) is 0 Å². The largest absolute Gasteiger partial charge is 0.464 e. The number of hydrogen-bond donors (Lipinski definition) is 1. The first-order valence-corrected chi connectivity index (χ1v) is 7.79. The summed E-state index contributed by atoms with van der Waals surface area (Å²) in [4.78, 5) is 28.1. The van der Waals surface area contributed by atoms with Crippen LogP contribution in [0.4, 0.5) is 8.78 Å². The molecular weight excluding hydrogens is 330 g/mol. The number of esters is 1. The predicted octanol–water partition coefficient (Wildman–Crippen LogP) is 2.19. The van der Waals surface area contributed by atoms with E-state index in [9.17, 15) is 18.4 Å². The summed E-state index contributed by atoms with van der Waals surface area (Å²) >= 11 is 0. The number of rotatable bonds is 7. The van der Waals surface area contributed by atoms with Crippen LogP contribution >= 0.6 is 0 Å². The number of ether oxygens (including phenoxy) is 1. The van der Waals surface area contributed by atoms with Crippen molar-refractivity contribution in [3.8, 4) is 0 Å². The monoisotopic (exact) mass is 348 g/mol. The highest BCUT2D eigenvalue weighted by Crippen LogP contribution is 2.13. The van der Waals surface area contributed by atoms with Crippen molar-refractivity contribution < 1.29 is 23.1 Å². The summed E-state index contributed by atoms with van der Waals surface area (Å²) in [6.45, 7) is 1.81. The van der Waals surface area contributed by atoms with E-state index in [1.807, 2.05) is 0 Å². The Morgan fingerprint density at radius 2 is 1.80 bits per heavy atom. The van der Waals surface area contributed by atoms with Gasteiger partial charge in [0.15, 0.2) is 0 Å². The molecular formula is C18H18F2N2O3. The first-order valence-electron chi connectivity index (χ1n) is 7.79. The van der Waals surface area contributed by atoms with Gasteiger partial charge in [0, 0.05) is 24.4 Å². The third kappa shape index (κ3) is 5.34. The van der Waals surface area contributed by atoms with Crippen LogP contribution in [0, 0.1) is 11.6 Å². The van der Waals surface area contributed by atoms with Gasteiger partial charge in [0.25, 0.3) is 0 Å². The molecule has 0 spiro atoms. The zero-order chi connectivity index (χ0) is 18.2. The van der Waals surface area contributed by atoms with E-state index in [0.717, 1.165) is 17.7 Å². The van der Waals surface area contributed by atoms with E-state index in [2.05, 4.69) is 10.3 Å². The number of nitrogens with zero attached hydrogens (tertiary/aromatic N) is 1. The van der Waals surface area contributed by atoms with Crippen LogP contribution in [-0.2, 0) is 27.2 Å². The molecule has 0 aliphatic carbocycles. The fraction of sp³-hybridized carbons (Fsp3) is 0.278. The lowest BCUT2D eigenvalue weighted by atomic mass is 10.1. The minimum absolute atomic E-state index is 0.156. The summed E-state index contributed by atoms with van der Waals surface area (Å²) in [6.07, 6.45) is 2.81. The van der Waals surface area contributed by atoms with Crippen molar-refractivity contribution in [2.24, 2.45) is 0 Å². The molecule has 1 heterocycles. The highest BCUT2D eigenvalue weighted by Gasteiger charge is 2.23. The maximum absolute atomic E-state index is 13.7. The summed E-state index contributed by atoms with van der Waals surface area (Å²) in [5.74, 6) is -2.90. The lowest BCUT2D eigenvalue weighted by Gasteiger charge is -2.17. The first-order chi connectivity index (χ1) is 12.0. The number of pyridine rings is 1. The second-order valence-electron chi connectivity index (χ2n) is 5.31. The highest BCUT2D eigenvalue weighted by atomic mass is 19.1. The second-order valence-corrected chi connectivity index (χ2v) is 5.31. The molecule has 1 atom stereocenters. The Kier molecular flexibility index (Phi) is 6.56. The number of nitrogens with one attached hydrogen (secondary N) is 1. The molecule has 0 saturated carbocycles. The van der Waals surface area contributed by atoms with Crippen molar-refractivity contribution in [3.05, 3.63) is 65.5 Å². The minimum Gasteiger partial charge on any atom is -0.464 e. The Morgan fingerprint density at radius 3 is 2.40 bits per heavy atom. The Labute approximate surface area is 144 Å². The molecule has 2 rings (SSSR count). The average Bonchev–Trinajstić information content (AvgIpc) is 2.59. The topological polar surface area (TPSA) is 68.3 Å². The molecule has 25 heavy (non-hydrogen) atoms. The van der Waals surface area contributed by atoms with Crippen LogP contribution in [0.15, 0.2) is 42.7 Å². The number of amides is 1. The molecule has 1 aromatic heterocycles. The summed E-state index contributed by atoms with van der Waals surface area (Å²) in [5.41, 5.74) is 0.428. The second kappa shape index (κ2) is 8.86. The molecule has 0 bridgehead atoms. The Bertz CT molecular complexity index is 718. The Hall–Kier alpha value is -2.83. The summed E-state index contributed by atoms with van der Waals surface area (Å²) in [6, 6.07) is 5.82. The van der Waals surface area contributed by atoms with Gasteiger partial charge in [-0.05, 0) is 36.8 Å². The molecule has 2 aromatic rings. The zero-order valence-electron chi connectivity index (χ0n) is 13.7. The maximum atomic E-state index is 13.7. The van der Waals surface area contributed by atoms with E-state index >= 15 is 0 Å². The highest BCUT2D eigenvalue weighted by molar-refractivity contribution is 5.85. The van der Waals surface area contributed by atoms with Gasteiger partial charge < -0.3 is 10.1 Å². The molecule has 7 heteroatoms. The fourth-order valence-electron chi connectivity index (χ4n) is 2.30. The van der Waals surface area contributed by atoms with Gasteiger partial charge >= 0.3 is 5.97 Å². The van der Waals surface area contributed by atoms with Gasteiger partial charge in [0.1, 0.15) is 17.7 Å². The summed E-state index contributed by atoms with van der Waals surface area (Å²) in [7, 11) is 0. The number of hydrogen-bond acceptors (Lipinski definition) is 4. The maximum Gasteiger partial charge on any atom is 0.328 e. The van der Waals surface area contributed by atoms with E-state index in [1.165, 1.54) is 6.07 Å². The van der Waals surface area contributed by atoms with Crippen LogP contribution in [0.3, 0.4) is 0 Å². The average molecular weight is 348 g/mol. The minimum atomic E-state index is -0.954. The van der Waals surface area contributed by atoms with Gasteiger partial charge in [0.05, 0.1) is 13.0 Å². The van der Waals surface area contributed by atoms with Gasteiger partial charge in [-0.3, -0.25) is 9.78 Å². The van der Waals surface area contributed by atoms with Crippen LogP contribution in [0.1, 0.15) is 18.1 Å². The van der Waals surface area contributed by atoms with Crippen molar-refractivity contribution in [2.75, 3.05) is 6.61 Å². The molecule has 0 radical (unpaired) electrons. The van der Waals surface area contributed by atoms with Crippen LogP contribution in [-0.4, -0.2) is 29.5 Å². The van der Waals surface area contributed by atoms with E-state index < -0.39 is 36.0 Å². The molecule has 0 aliphatic heterocycles. The normalized spacial score (nSPS) is 11.6. The van der Waals surface area contributed by atoms with Gasteiger partial charge in [-0.15, -0.1) is 0 Å². The fourth-order valence-corrected chi connectivity index (χ4v) is 2.30. The standard InChI is InChI=1S/C18H18F2N2O3/c1-2-25-18(24)16(10-12-6-8-21-9-7-12)22-17(23)11-13-14(19)4-3-5-15(13)20/h3-9,16H,2,10-11H2,1H3,(H,22,23). The zero-order valence-corrected chi connectivity index (χ0v) is 13.7. The molecule has 132 valence electrons. The third-order valence-electron chi connectivity index (χ3n) is 3.49. The SMILES string of the molecule is CCOC(=O)C(Cc1ccncc1)NC(=O)Cc1c(F)cccc1F. The van der Waals surface area contributed by atoms with Crippen molar-refractivity contribution in [3.63, 3.8) is 0 Å². The molecule has 0 saturated heterocycles. The van der Waals surface area contributed by atoms with Gasteiger partial charge in [-0.1, -0.05) is 6.07 Å². The molecule has 0 aliphatic rings. The van der Waals surface area contributed by atoms with Gasteiger partial charge in [-0.25, -0.2) is 13.6 Å². The molecule has 1 amide bonds. The van der Waals surface area contributed by atoms with E-state index in [0.29, 0.717) is 0 Å². The van der Waals surface area contributed by atoms with Crippen LogP contribution in [0.5, 0.6) is 0 Å². The molecule has 0 fully saturated rings. The molecule has 5 nitrogen and oxygen atoms in total. The van der Waals surface area contributed by atoms with Crippen LogP contribution in [0.2, 0.25) is 0 Å². The third-order valence-corrected chi connectivity index (χ3v) is 3.49. The van der Waals surface area contributed by atoms with Crippen molar-refractivity contribution in [1.82, 2.24) is 10.3 Å². The van der Waals surface area contributed by atoms with Crippen molar-refractivity contribution >= 4 is 11.9 Å². The van der Waals surface area contributed by atoms with E-state index in [1.54, 1.807) is 31.5 Å². The predicted molar refractivity (Wildman–Crippen MR) is 86.6 cm³/mol. The number of carbonyl (C=O) groups is 2. The number of halogens is 2. The molecule has 1 N–H and O–H groups in total. The van der Waals surface area contributed by atoms with Gasteiger partial charge in [0.2, 0.25) is 5.91 Å². The van der Waals surface area contributed by atoms with E-state index in [-0.39, 0.29) is 18.6 Å². The smallest absolute Gasteiger partial charge is 0.328 e. The lowest BCUT2D eigenvalue weighted by molar-refractivity contribution is -0.147. The first kappa shape index (κ1) is 18.5. The van der Waals surface area contributed by atoms with Crippen LogP contribution < -0.4 is 5.32 Å². The number of aromatic nitrogens is 1. The quantitative estimate of drug-likeness (QED) is 0.779. The Morgan fingerprint density at radius 1 is 1.16 bits per heavy atom. The number of carbonyl (C=O) groups excluding carboxylic acids is 2.